The summed E-state index contributed by atoms with van der Waals surface area (Å²) in [6, 6.07) is 9.81. The molecule has 2 aromatic carbocycles. The van der Waals surface area contributed by atoms with Crippen LogP contribution in [-0.2, 0) is 15.0 Å². The molecular formula is C25H18F2N2O3. The summed E-state index contributed by atoms with van der Waals surface area (Å²) in [5.41, 5.74) is 2.74. The first kappa shape index (κ1) is 19.1. The second-order valence-corrected chi connectivity index (χ2v) is 7.98. The Morgan fingerprint density at radius 1 is 1.00 bits per heavy atom. The van der Waals surface area contributed by atoms with Crippen molar-refractivity contribution in [2.24, 2.45) is 4.99 Å². The molecule has 7 heteroatoms. The van der Waals surface area contributed by atoms with Crippen LogP contribution in [0.1, 0.15) is 23.1 Å². The molecule has 3 aromatic rings. The summed E-state index contributed by atoms with van der Waals surface area (Å²) in [7, 11) is 0. The van der Waals surface area contributed by atoms with Gasteiger partial charge in [-0.1, -0.05) is 12.1 Å². The number of hydrogen-bond acceptors (Lipinski definition) is 5. The molecule has 0 fully saturated rings. The van der Waals surface area contributed by atoms with Crippen LogP contribution in [0.2, 0.25) is 0 Å². The van der Waals surface area contributed by atoms with Crippen LogP contribution >= 0.6 is 0 Å². The number of rotatable bonds is 2. The number of benzene rings is 2. The van der Waals surface area contributed by atoms with Crippen molar-refractivity contribution >= 4 is 12.0 Å². The minimum Gasteiger partial charge on any atom is -0.480 e. The lowest BCUT2D eigenvalue weighted by Gasteiger charge is -2.34. The van der Waals surface area contributed by atoms with Crippen LogP contribution < -0.4 is 4.74 Å². The first-order valence-corrected chi connectivity index (χ1v) is 10.3. The lowest BCUT2D eigenvalue weighted by molar-refractivity contribution is 0.164. The van der Waals surface area contributed by atoms with Gasteiger partial charge >= 0.3 is 0 Å². The van der Waals surface area contributed by atoms with Crippen molar-refractivity contribution in [1.82, 2.24) is 4.98 Å². The third-order valence-corrected chi connectivity index (χ3v) is 6.11. The Morgan fingerprint density at radius 3 is 2.69 bits per heavy atom. The highest BCUT2D eigenvalue weighted by Crippen LogP contribution is 2.53. The van der Waals surface area contributed by atoms with Crippen molar-refractivity contribution < 1.29 is 23.0 Å². The highest BCUT2D eigenvalue weighted by molar-refractivity contribution is 5.74. The van der Waals surface area contributed by atoms with E-state index in [-0.39, 0.29) is 18.1 Å². The predicted molar refractivity (Wildman–Crippen MR) is 115 cm³/mol. The largest absolute Gasteiger partial charge is 0.480 e. The molecule has 6 rings (SSSR count). The zero-order chi connectivity index (χ0) is 21.7. The van der Waals surface area contributed by atoms with Gasteiger partial charge < -0.3 is 14.2 Å². The van der Waals surface area contributed by atoms with Gasteiger partial charge in [-0.3, -0.25) is 4.98 Å². The normalized spacial score (nSPS) is 20.9. The van der Waals surface area contributed by atoms with E-state index in [2.05, 4.69) is 16.1 Å². The van der Waals surface area contributed by atoms with Gasteiger partial charge in [-0.15, -0.1) is 0 Å². The fraction of sp³-hybridized carbons (Fsp3) is 0.200. The summed E-state index contributed by atoms with van der Waals surface area (Å²) in [4.78, 5) is 8.71. The maximum absolute atomic E-state index is 15.3. The van der Waals surface area contributed by atoms with Crippen LogP contribution in [0, 0.1) is 11.6 Å². The van der Waals surface area contributed by atoms with Crippen molar-refractivity contribution in [3.63, 3.8) is 0 Å². The Bertz CT molecular complexity index is 1290. The molecule has 0 amide bonds. The van der Waals surface area contributed by atoms with Gasteiger partial charge in [0, 0.05) is 40.7 Å². The smallest absolute Gasteiger partial charge is 0.170 e. The van der Waals surface area contributed by atoms with Crippen LogP contribution in [0.25, 0.3) is 16.7 Å². The molecule has 5 nitrogen and oxygen atoms in total. The van der Waals surface area contributed by atoms with E-state index in [9.17, 15) is 0 Å². The summed E-state index contributed by atoms with van der Waals surface area (Å²) in [6.07, 6.45) is 7.41. The quantitative estimate of drug-likeness (QED) is 0.556. The monoisotopic (exact) mass is 432 g/mol. The van der Waals surface area contributed by atoms with Crippen molar-refractivity contribution in [3.05, 3.63) is 83.2 Å². The van der Waals surface area contributed by atoms with E-state index in [0.717, 1.165) is 12.0 Å². The number of halogens is 2. The van der Waals surface area contributed by atoms with Crippen molar-refractivity contribution in [2.75, 3.05) is 19.8 Å². The fourth-order valence-electron chi connectivity index (χ4n) is 4.53. The van der Waals surface area contributed by atoms with Gasteiger partial charge in [-0.2, -0.15) is 0 Å². The van der Waals surface area contributed by atoms with E-state index in [1.54, 1.807) is 30.6 Å². The van der Waals surface area contributed by atoms with E-state index in [0.29, 0.717) is 41.0 Å². The maximum atomic E-state index is 15.3. The van der Waals surface area contributed by atoms with Gasteiger partial charge in [-0.05, 0) is 41.8 Å². The van der Waals surface area contributed by atoms with Gasteiger partial charge in [-0.25, -0.2) is 13.8 Å². The number of ether oxygens (including phenoxy) is 3. The van der Waals surface area contributed by atoms with E-state index < -0.39 is 17.2 Å². The second-order valence-electron chi connectivity index (χ2n) is 7.98. The zero-order valence-electron chi connectivity index (χ0n) is 17.0. The first-order valence-electron chi connectivity index (χ1n) is 10.3. The summed E-state index contributed by atoms with van der Waals surface area (Å²) in [5, 5.41) is 0. The molecule has 0 radical (unpaired) electrons. The van der Waals surface area contributed by atoms with Crippen LogP contribution in [0.5, 0.6) is 11.5 Å². The Morgan fingerprint density at radius 2 is 1.94 bits per heavy atom. The highest BCUT2D eigenvalue weighted by Gasteiger charge is 2.47. The van der Waals surface area contributed by atoms with Crippen molar-refractivity contribution in [2.45, 2.75) is 12.0 Å². The van der Waals surface area contributed by atoms with Gasteiger partial charge in [0.2, 0.25) is 0 Å². The summed E-state index contributed by atoms with van der Waals surface area (Å²) in [5.74, 6) is -0.764. The average Bonchev–Trinajstić information content (AvgIpc) is 3.31. The molecule has 0 saturated carbocycles. The summed E-state index contributed by atoms with van der Waals surface area (Å²) in [6.45, 7) is 1.23. The molecule has 1 aromatic heterocycles. The van der Waals surface area contributed by atoms with E-state index in [1.807, 2.05) is 6.07 Å². The fourth-order valence-corrected chi connectivity index (χ4v) is 4.53. The number of aliphatic imine (C=N–C) groups is 1. The standard InChI is InChI=1S/C25H18F2N2O3/c26-21-10-23-19(9-18(21)15-3-1-5-28-11-15)25(13-31-14-29-25)20-7-17(8-22(27)24(20)32-23)16-4-2-6-30-12-16/h1,3-5,7-11,14H,2,6,12-13H2/t25-/m0/s1. The molecule has 32 heavy (non-hydrogen) atoms. The van der Waals surface area contributed by atoms with Crippen LogP contribution in [0.4, 0.5) is 8.78 Å². The topological polar surface area (TPSA) is 52.9 Å². The Balaban J connectivity index is 1.57. The lowest BCUT2D eigenvalue weighted by atomic mass is 9.79. The molecule has 4 heterocycles. The van der Waals surface area contributed by atoms with Gasteiger partial charge in [0.05, 0.1) is 13.2 Å². The summed E-state index contributed by atoms with van der Waals surface area (Å²) >= 11 is 0. The maximum Gasteiger partial charge on any atom is 0.170 e. The molecular weight excluding hydrogens is 414 g/mol. The Kier molecular flexibility index (Phi) is 4.33. The highest BCUT2D eigenvalue weighted by atomic mass is 19.1. The minimum atomic E-state index is -1.04. The average molecular weight is 432 g/mol. The number of fused-ring (bicyclic) bond motifs is 4. The summed E-state index contributed by atoms with van der Waals surface area (Å²) < 4.78 is 47.3. The molecule has 0 unspecified atom stereocenters. The van der Waals surface area contributed by atoms with Gasteiger partial charge in [0.1, 0.15) is 18.2 Å². The molecule has 1 spiro atoms. The van der Waals surface area contributed by atoms with E-state index in [4.69, 9.17) is 14.2 Å². The minimum absolute atomic E-state index is 0.0368. The zero-order valence-corrected chi connectivity index (χ0v) is 17.0. The van der Waals surface area contributed by atoms with Crippen LogP contribution in [-0.4, -0.2) is 31.2 Å². The SMILES string of the molecule is Fc1cc2c(cc1-c1cccnc1)[C@@]1(COC=N1)c1cc(C3=CCCOC3)cc(F)c1O2. The van der Waals surface area contributed by atoms with E-state index >= 15 is 8.78 Å². The van der Waals surface area contributed by atoms with Crippen LogP contribution in [0.3, 0.4) is 0 Å². The second kappa shape index (κ2) is 7.24. The molecule has 3 aliphatic rings. The van der Waals surface area contributed by atoms with Crippen molar-refractivity contribution in [3.8, 4) is 22.6 Å². The van der Waals surface area contributed by atoms with Crippen molar-refractivity contribution in [1.29, 1.82) is 0 Å². The predicted octanol–water partition coefficient (Wildman–Crippen LogP) is 5.24. The number of aromatic nitrogens is 1. The molecule has 1 atom stereocenters. The molecule has 0 aliphatic carbocycles. The lowest BCUT2D eigenvalue weighted by Crippen LogP contribution is -2.32. The third-order valence-electron chi connectivity index (χ3n) is 6.11. The Hall–Kier alpha value is -3.58. The van der Waals surface area contributed by atoms with Crippen LogP contribution in [0.15, 0.2) is 59.9 Å². The molecule has 160 valence electrons. The van der Waals surface area contributed by atoms with Gasteiger partial charge in [0.15, 0.2) is 23.5 Å². The third kappa shape index (κ3) is 2.85. The molecule has 3 aliphatic heterocycles. The number of hydrogen-bond donors (Lipinski definition) is 0. The number of pyridine rings is 1. The first-order chi connectivity index (χ1) is 15.7. The van der Waals surface area contributed by atoms with Gasteiger partial charge in [0.25, 0.3) is 0 Å². The Labute approximate surface area is 183 Å². The molecule has 0 N–H and O–H groups in total. The van der Waals surface area contributed by atoms with E-state index in [1.165, 1.54) is 18.5 Å². The molecule has 0 bridgehead atoms. The number of nitrogens with zero attached hydrogens (tertiary/aromatic N) is 2. The molecule has 0 saturated heterocycles.